The first-order chi connectivity index (χ1) is 9.00. The minimum Gasteiger partial charge on any atom is -0.170 e. The van der Waals surface area contributed by atoms with Gasteiger partial charge in [-0.15, -0.1) is 0 Å². The third-order valence-electron chi connectivity index (χ3n) is 2.92. The number of alkyl halides is 4. The van der Waals surface area contributed by atoms with Crippen LogP contribution in [0, 0.1) is 0 Å². The van der Waals surface area contributed by atoms with Crippen LogP contribution in [0.15, 0.2) is 60.7 Å². The second-order valence-corrected chi connectivity index (χ2v) is 5.23. The minimum atomic E-state index is -4.30. The smallest absolute Gasteiger partial charge is 0.170 e. The van der Waals surface area contributed by atoms with E-state index in [4.69, 9.17) is 0 Å². The summed E-state index contributed by atoms with van der Waals surface area (Å²) in [4.78, 5) is -0.795. The molecule has 19 heavy (non-hydrogen) atoms. The summed E-state index contributed by atoms with van der Waals surface area (Å²) >= 11 is 3.20. The van der Waals surface area contributed by atoms with Gasteiger partial charge >= 0.3 is 6.18 Å². The highest BCUT2D eigenvalue weighted by Gasteiger charge is 2.45. The van der Waals surface area contributed by atoms with Gasteiger partial charge in [-0.2, -0.15) is 13.2 Å². The number of rotatable bonds is 3. The van der Waals surface area contributed by atoms with Crippen molar-refractivity contribution in [2.24, 2.45) is 0 Å². The Labute approximate surface area is 118 Å². The summed E-state index contributed by atoms with van der Waals surface area (Å²) in [7, 11) is 0. The fourth-order valence-corrected chi connectivity index (χ4v) is 2.92. The van der Waals surface area contributed by atoms with Crippen LogP contribution in [0.5, 0.6) is 0 Å². The second-order valence-electron chi connectivity index (χ2n) is 4.24. The lowest BCUT2D eigenvalue weighted by Crippen LogP contribution is -2.24. The van der Waals surface area contributed by atoms with Gasteiger partial charge < -0.3 is 0 Å². The topological polar surface area (TPSA) is 0 Å². The molecule has 0 aliphatic carbocycles. The summed E-state index contributed by atoms with van der Waals surface area (Å²) in [6.07, 6.45) is -4.30. The maximum Gasteiger partial charge on any atom is 0.397 e. The Kier molecular flexibility index (Phi) is 4.30. The zero-order chi connectivity index (χ0) is 13.9. The van der Waals surface area contributed by atoms with Crippen LogP contribution in [-0.4, -0.2) is 6.18 Å². The Hall–Kier alpha value is -1.29. The maximum atomic E-state index is 13.3. The van der Waals surface area contributed by atoms with Gasteiger partial charge in [0, 0.05) is 0 Å². The first-order valence-electron chi connectivity index (χ1n) is 5.81. The molecule has 0 nitrogen and oxygen atoms in total. The van der Waals surface area contributed by atoms with E-state index in [2.05, 4.69) is 15.9 Å². The van der Waals surface area contributed by atoms with Crippen LogP contribution in [0.1, 0.15) is 21.9 Å². The molecule has 0 aliphatic rings. The number of hydrogen-bond acceptors (Lipinski definition) is 0. The highest BCUT2D eigenvalue weighted by atomic mass is 79.9. The third kappa shape index (κ3) is 3.38. The molecule has 0 fully saturated rings. The largest absolute Gasteiger partial charge is 0.397 e. The maximum absolute atomic E-state index is 13.3. The number of halogens is 4. The van der Waals surface area contributed by atoms with Crippen molar-refractivity contribution in [2.45, 2.75) is 16.9 Å². The van der Waals surface area contributed by atoms with Crippen LogP contribution in [0.4, 0.5) is 13.2 Å². The SMILES string of the molecule is FC(F)(F)C(c1ccccc1)C(Br)c1ccccc1. The van der Waals surface area contributed by atoms with Gasteiger partial charge in [0.05, 0.1) is 10.7 Å². The van der Waals surface area contributed by atoms with Crippen LogP contribution in [-0.2, 0) is 0 Å². The lowest BCUT2D eigenvalue weighted by molar-refractivity contribution is -0.150. The first kappa shape index (κ1) is 14.1. The number of benzene rings is 2. The summed E-state index contributed by atoms with van der Waals surface area (Å²) < 4.78 is 39.9. The molecule has 100 valence electrons. The molecule has 0 bridgehead atoms. The molecule has 0 aliphatic heterocycles. The lowest BCUT2D eigenvalue weighted by atomic mass is 9.91. The Balaban J connectivity index is 2.40. The van der Waals surface area contributed by atoms with Crippen molar-refractivity contribution < 1.29 is 13.2 Å². The highest BCUT2D eigenvalue weighted by Crippen LogP contribution is 2.47. The molecular formula is C15H12BrF3. The zero-order valence-electron chi connectivity index (χ0n) is 9.94. The van der Waals surface area contributed by atoms with Gasteiger partial charge in [-0.25, -0.2) is 0 Å². The fourth-order valence-electron chi connectivity index (χ4n) is 2.01. The third-order valence-corrected chi connectivity index (χ3v) is 3.98. The van der Waals surface area contributed by atoms with Gasteiger partial charge in [-0.1, -0.05) is 76.6 Å². The quantitative estimate of drug-likeness (QED) is 0.655. The van der Waals surface area contributed by atoms with E-state index < -0.39 is 16.9 Å². The molecule has 4 heteroatoms. The molecule has 0 radical (unpaired) electrons. The van der Waals surface area contributed by atoms with Crippen LogP contribution < -0.4 is 0 Å². The van der Waals surface area contributed by atoms with E-state index in [1.165, 1.54) is 12.1 Å². The van der Waals surface area contributed by atoms with Crippen molar-refractivity contribution in [3.8, 4) is 0 Å². The van der Waals surface area contributed by atoms with Gasteiger partial charge in [0.2, 0.25) is 0 Å². The number of hydrogen-bond donors (Lipinski definition) is 0. The molecule has 0 saturated carbocycles. The van der Waals surface area contributed by atoms with Crippen LogP contribution >= 0.6 is 15.9 Å². The van der Waals surface area contributed by atoms with Crippen molar-refractivity contribution >= 4 is 15.9 Å². The summed E-state index contributed by atoms with van der Waals surface area (Å²) in [6.45, 7) is 0. The van der Waals surface area contributed by atoms with Crippen LogP contribution in [0.3, 0.4) is 0 Å². The van der Waals surface area contributed by atoms with E-state index in [-0.39, 0.29) is 5.56 Å². The highest BCUT2D eigenvalue weighted by molar-refractivity contribution is 9.09. The molecule has 2 atom stereocenters. The lowest BCUT2D eigenvalue weighted by Gasteiger charge is -2.26. The molecule has 2 aromatic rings. The fraction of sp³-hybridized carbons (Fsp3) is 0.200. The van der Waals surface area contributed by atoms with E-state index in [1.807, 2.05) is 0 Å². The Morgan fingerprint density at radius 3 is 1.58 bits per heavy atom. The molecule has 0 N–H and O–H groups in total. The van der Waals surface area contributed by atoms with Gasteiger partial charge in [0.1, 0.15) is 0 Å². The van der Waals surface area contributed by atoms with Gasteiger partial charge in [-0.05, 0) is 11.1 Å². The average molecular weight is 329 g/mol. The van der Waals surface area contributed by atoms with Crippen molar-refractivity contribution in [2.75, 3.05) is 0 Å². The van der Waals surface area contributed by atoms with E-state index in [9.17, 15) is 13.2 Å². The Bertz CT molecular complexity index is 508. The molecular weight excluding hydrogens is 317 g/mol. The zero-order valence-corrected chi connectivity index (χ0v) is 11.5. The standard InChI is InChI=1S/C15H12BrF3/c16-14(12-9-5-2-6-10-12)13(15(17,18)19)11-7-3-1-4-8-11/h1-10,13-14H. The Morgan fingerprint density at radius 1 is 0.737 bits per heavy atom. The molecule has 0 aromatic heterocycles. The van der Waals surface area contributed by atoms with Gasteiger partial charge in [-0.3, -0.25) is 0 Å². The Morgan fingerprint density at radius 2 is 1.16 bits per heavy atom. The normalized spacial score (nSPS) is 14.9. The van der Waals surface area contributed by atoms with E-state index in [0.717, 1.165) is 0 Å². The predicted octanol–water partition coefficient (Wildman–Crippen LogP) is 5.47. The first-order valence-corrected chi connectivity index (χ1v) is 6.72. The molecule has 0 heterocycles. The molecule has 0 saturated heterocycles. The predicted molar refractivity (Wildman–Crippen MR) is 73.3 cm³/mol. The van der Waals surface area contributed by atoms with Gasteiger partial charge in [0.15, 0.2) is 0 Å². The van der Waals surface area contributed by atoms with Crippen molar-refractivity contribution in [1.29, 1.82) is 0 Å². The minimum absolute atomic E-state index is 0.265. The van der Waals surface area contributed by atoms with Crippen molar-refractivity contribution in [1.82, 2.24) is 0 Å². The summed E-state index contributed by atoms with van der Waals surface area (Å²) in [5, 5.41) is 0. The molecule has 2 aromatic carbocycles. The van der Waals surface area contributed by atoms with Gasteiger partial charge in [0.25, 0.3) is 0 Å². The van der Waals surface area contributed by atoms with Crippen molar-refractivity contribution in [3.63, 3.8) is 0 Å². The van der Waals surface area contributed by atoms with E-state index in [1.54, 1.807) is 48.5 Å². The second kappa shape index (κ2) is 5.78. The molecule has 2 unspecified atom stereocenters. The molecule has 2 rings (SSSR count). The summed E-state index contributed by atoms with van der Waals surface area (Å²) in [5.74, 6) is -1.56. The molecule has 0 spiro atoms. The van der Waals surface area contributed by atoms with E-state index >= 15 is 0 Å². The molecule has 0 amide bonds. The summed E-state index contributed by atoms with van der Waals surface area (Å²) in [6, 6.07) is 16.6. The average Bonchev–Trinajstić information content (AvgIpc) is 2.39. The van der Waals surface area contributed by atoms with E-state index in [0.29, 0.717) is 5.56 Å². The summed E-state index contributed by atoms with van der Waals surface area (Å²) in [5.41, 5.74) is 0.884. The van der Waals surface area contributed by atoms with Crippen molar-refractivity contribution in [3.05, 3.63) is 71.8 Å². The van der Waals surface area contributed by atoms with Crippen LogP contribution in [0.25, 0.3) is 0 Å². The van der Waals surface area contributed by atoms with Crippen LogP contribution in [0.2, 0.25) is 0 Å². The monoisotopic (exact) mass is 328 g/mol.